The number of hydrogen-bond acceptors (Lipinski definition) is 1. The van der Waals surface area contributed by atoms with E-state index in [2.05, 4.69) is 22.9 Å². The van der Waals surface area contributed by atoms with Crippen molar-refractivity contribution >= 4 is 21.7 Å². The van der Waals surface area contributed by atoms with Gasteiger partial charge < -0.3 is 0 Å². The van der Waals surface area contributed by atoms with Crippen LogP contribution in [0.3, 0.4) is 0 Å². The molecule has 1 saturated carbocycles. The summed E-state index contributed by atoms with van der Waals surface area (Å²) < 4.78 is 0. The van der Waals surface area contributed by atoms with Crippen molar-refractivity contribution in [1.29, 1.82) is 0 Å². The van der Waals surface area contributed by atoms with Crippen molar-refractivity contribution < 1.29 is 4.79 Å². The maximum atomic E-state index is 11.4. The van der Waals surface area contributed by atoms with Crippen LogP contribution >= 0.6 is 15.9 Å². The van der Waals surface area contributed by atoms with Gasteiger partial charge in [0.05, 0.1) is 4.83 Å². The second-order valence-electron chi connectivity index (χ2n) is 3.69. The molecule has 1 nitrogen and oxygen atoms in total. The van der Waals surface area contributed by atoms with Crippen LogP contribution in [0.4, 0.5) is 0 Å². The highest BCUT2D eigenvalue weighted by atomic mass is 79.9. The van der Waals surface area contributed by atoms with Gasteiger partial charge >= 0.3 is 0 Å². The van der Waals surface area contributed by atoms with Gasteiger partial charge in [0.2, 0.25) is 0 Å². The van der Waals surface area contributed by atoms with Gasteiger partial charge in [0.1, 0.15) is 5.78 Å². The Balaban J connectivity index is 2.46. The largest absolute Gasteiger partial charge is 0.298 e. The van der Waals surface area contributed by atoms with E-state index in [0.717, 1.165) is 25.2 Å². The number of alkyl halides is 1. The molecule has 2 atom stereocenters. The Morgan fingerprint density at radius 1 is 1.50 bits per heavy atom. The summed E-state index contributed by atoms with van der Waals surface area (Å²) in [6, 6.07) is 0. The van der Waals surface area contributed by atoms with Gasteiger partial charge in [-0.1, -0.05) is 42.1 Å². The number of carbonyl (C=O) groups excluding carboxylic acids is 1. The van der Waals surface area contributed by atoms with Gasteiger partial charge in [-0.15, -0.1) is 0 Å². The average Bonchev–Trinajstić information content (AvgIpc) is 2.06. The summed E-state index contributed by atoms with van der Waals surface area (Å²) in [6.07, 6.45) is 6.70. The number of halogens is 1. The van der Waals surface area contributed by atoms with Gasteiger partial charge in [-0.25, -0.2) is 0 Å². The van der Waals surface area contributed by atoms with Crippen LogP contribution < -0.4 is 0 Å². The summed E-state index contributed by atoms with van der Waals surface area (Å²) >= 11 is 3.47. The molecule has 0 amide bonds. The van der Waals surface area contributed by atoms with E-state index in [0.29, 0.717) is 5.78 Å². The molecule has 12 heavy (non-hydrogen) atoms. The van der Waals surface area contributed by atoms with Crippen LogP contribution in [0.15, 0.2) is 0 Å². The first-order valence-electron chi connectivity index (χ1n) is 4.90. The molecule has 2 heteroatoms. The van der Waals surface area contributed by atoms with Crippen LogP contribution in [0.1, 0.15) is 45.4 Å². The fourth-order valence-corrected chi connectivity index (χ4v) is 2.56. The first-order chi connectivity index (χ1) is 5.74. The van der Waals surface area contributed by atoms with E-state index in [-0.39, 0.29) is 4.83 Å². The normalized spacial score (nSPS) is 32.7. The van der Waals surface area contributed by atoms with Crippen LogP contribution in [-0.2, 0) is 4.79 Å². The molecule has 0 N–H and O–H groups in total. The van der Waals surface area contributed by atoms with E-state index < -0.39 is 0 Å². The molecule has 70 valence electrons. The minimum atomic E-state index is 0.141. The molecule has 0 bridgehead atoms. The van der Waals surface area contributed by atoms with Crippen molar-refractivity contribution in [1.82, 2.24) is 0 Å². The zero-order chi connectivity index (χ0) is 8.97. The summed E-state index contributed by atoms with van der Waals surface area (Å²) in [6.45, 7) is 2.22. The minimum Gasteiger partial charge on any atom is -0.298 e. The second kappa shape index (κ2) is 5.00. The van der Waals surface area contributed by atoms with Crippen molar-refractivity contribution in [2.45, 2.75) is 50.3 Å². The van der Waals surface area contributed by atoms with Crippen molar-refractivity contribution in [2.24, 2.45) is 5.92 Å². The van der Waals surface area contributed by atoms with Gasteiger partial charge in [0.15, 0.2) is 0 Å². The second-order valence-corrected chi connectivity index (χ2v) is 4.79. The SMILES string of the molecule is CCC1CCCCC(=O)C(Br)C1. The lowest BCUT2D eigenvalue weighted by atomic mass is 9.89. The Hall–Kier alpha value is 0.150. The van der Waals surface area contributed by atoms with Crippen molar-refractivity contribution in [2.75, 3.05) is 0 Å². The first-order valence-corrected chi connectivity index (χ1v) is 5.82. The summed E-state index contributed by atoms with van der Waals surface area (Å²) in [5.41, 5.74) is 0. The summed E-state index contributed by atoms with van der Waals surface area (Å²) in [4.78, 5) is 11.5. The number of hydrogen-bond donors (Lipinski definition) is 0. The molecular weight excluding hydrogens is 216 g/mol. The molecule has 1 rings (SSSR count). The molecule has 0 aromatic rings. The third-order valence-electron chi connectivity index (χ3n) is 2.75. The van der Waals surface area contributed by atoms with Crippen LogP contribution in [-0.4, -0.2) is 10.6 Å². The summed E-state index contributed by atoms with van der Waals surface area (Å²) in [5, 5.41) is 0. The molecule has 1 aliphatic rings. The predicted molar refractivity (Wildman–Crippen MR) is 54.6 cm³/mol. The van der Waals surface area contributed by atoms with Gasteiger partial charge in [0, 0.05) is 6.42 Å². The highest BCUT2D eigenvalue weighted by Crippen LogP contribution is 2.26. The number of Topliss-reactive ketones (excluding diaryl/α,β-unsaturated/α-hetero) is 1. The van der Waals surface area contributed by atoms with Crippen LogP contribution in [0.5, 0.6) is 0 Å². The molecule has 0 aliphatic heterocycles. The fourth-order valence-electron chi connectivity index (χ4n) is 1.80. The zero-order valence-electron chi connectivity index (χ0n) is 7.68. The lowest BCUT2D eigenvalue weighted by Crippen LogP contribution is -2.20. The monoisotopic (exact) mass is 232 g/mol. The third-order valence-corrected chi connectivity index (χ3v) is 3.64. The Bertz CT molecular complexity index is 156. The van der Waals surface area contributed by atoms with E-state index in [4.69, 9.17) is 0 Å². The fraction of sp³-hybridized carbons (Fsp3) is 0.900. The molecule has 2 unspecified atom stereocenters. The third kappa shape index (κ3) is 2.89. The molecule has 0 aromatic heterocycles. The zero-order valence-corrected chi connectivity index (χ0v) is 9.27. The van der Waals surface area contributed by atoms with E-state index in [9.17, 15) is 4.79 Å². The average molecular weight is 233 g/mol. The highest BCUT2D eigenvalue weighted by Gasteiger charge is 2.21. The van der Waals surface area contributed by atoms with Crippen molar-refractivity contribution in [3.63, 3.8) is 0 Å². The van der Waals surface area contributed by atoms with E-state index in [1.54, 1.807) is 0 Å². The Kier molecular flexibility index (Phi) is 4.27. The molecule has 1 aliphatic carbocycles. The molecule has 0 spiro atoms. The van der Waals surface area contributed by atoms with E-state index in [1.807, 2.05) is 0 Å². The number of ketones is 1. The van der Waals surface area contributed by atoms with Crippen molar-refractivity contribution in [3.8, 4) is 0 Å². The molecule has 1 fully saturated rings. The number of rotatable bonds is 1. The maximum absolute atomic E-state index is 11.4. The smallest absolute Gasteiger partial charge is 0.146 e. The molecule has 0 saturated heterocycles. The summed E-state index contributed by atoms with van der Waals surface area (Å²) in [5.74, 6) is 1.17. The molecule has 0 aromatic carbocycles. The van der Waals surface area contributed by atoms with E-state index in [1.165, 1.54) is 19.3 Å². The maximum Gasteiger partial charge on any atom is 0.146 e. The Morgan fingerprint density at radius 3 is 2.92 bits per heavy atom. The minimum absolute atomic E-state index is 0.141. The molecule has 0 radical (unpaired) electrons. The predicted octanol–water partition coefficient (Wildman–Crippen LogP) is 3.31. The topological polar surface area (TPSA) is 17.1 Å². The Morgan fingerprint density at radius 2 is 2.25 bits per heavy atom. The highest BCUT2D eigenvalue weighted by molar-refractivity contribution is 9.10. The van der Waals surface area contributed by atoms with Crippen molar-refractivity contribution in [3.05, 3.63) is 0 Å². The van der Waals surface area contributed by atoms with Crippen LogP contribution in [0.2, 0.25) is 0 Å². The van der Waals surface area contributed by atoms with Gasteiger partial charge in [-0.2, -0.15) is 0 Å². The van der Waals surface area contributed by atoms with E-state index >= 15 is 0 Å². The van der Waals surface area contributed by atoms with Crippen LogP contribution in [0.25, 0.3) is 0 Å². The summed E-state index contributed by atoms with van der Waals surface area (Å²) in [7, 11) is 0. The molecular formula is C10H17BrO. The lowest BCUT2D eigenvalue weighted by molar-refractivity contribution is -0.119. The number of carbonyl (C=O) groups is 1. The standard InChI is InChI=1S/C10H17BrO/c1-2-8-5-3-4-6-10(12)9(11)7-8/h8-9H,2-7H2,1H3. The first kappa shape index (κ1) is 10.2. The van der Waals surface area contributed by atoms with Gasteiger partial charge in [-0.3, -0.25) is 4.79 Å². The van der Waals surface area contributed by atoms with Gasteiger partial charge in [0.25, 0.3) is 0 Å². The van der Waals surface area contributed by atoms with Crippen LogP contribution in [0, 0.1) is 5.92 Å². The lowest BCUT2D eigenvalue weighted by Gasteiger charge is -2.20. The Labute approximate surface area is 83.0 Å². The quantitative estimate of drug-likeness (QED) is 0.635. The molecule has 0 heterocycles. The van der Waals surface area contributed by atoms with Gasteiger partial charge in [-0.05, 0) is 18.8 Å².